The van der Waals surface area contributed by atoms with Gasteiger partial charge in [-0.25, -0.2) is 8.42 Å². The van der Waals surface area contributed by atoms with Crippen molar-refractivity contribution in [1.29, 1.82) is 0 Å². The predicted molar refractivity (Wildman–Crippen MR) is 86.9 cm³/mol. The monoisotopic (exact) mass is 330 g/mol. The second-order valence-corrected chi connectivity index (χ2v) is 7.26. The zero-order chi connectivity index (χ0) is 15.7. The third-order valence-electron chi connectivity index (χ3n) is 2.83. The van der Waals surface area contributed by atoms with Crippen molar-refractivity contribution in [2.24, 2.45) is 0 Å². The maximum Gasteiger partial charge on any atom is 0.241 e. The number of rotatable bonds is 9. The minimum atomic E-state index is -3.68. The third-order valence-corrected chi connectivity index (χ3v) is 4.96. The van der Waals surface area contributed by atoms with Crippen molar-refractivity contribution in [2.75, 3.05) is 18.6 Å². The smallest absolute Gasteiger partial charge is 0.241 e. The predicted octanol–water partition coefficient (Wildman–Crippen LogP) is 1.61. The van der Waals surface area contributed by atoms with E-state index in [1.165, 1.54) is 12.1 Å². The van der Waals surface area contributed by atoms with E-state index in [0.717, 1.165) is 6.42 Å². The molecule has 1 unspecified atom stereocenters. The van der Waals surface area contributed by atoms with E-state index >= 15 is 0 Å². The molecule has 0 heterocycles. The molecule has 0 fully saturated rings. The fourth-order valence-corrected chi connectivity index (χ4v) is 3.43. The van der Waals surface area contributed by atoms with Crippen molar-refractivity contribution in [3.63, 3.8) is 0 Å². The molecule has 5 nitrogen and oxygen atoms in total. The summed E-state index contributed by atoms with van der Waals surface area (Å²) in [5.41, 5.74) is 0. The number of hydrogen-bond acceptors (Lipinski definition) is 4. The molecule has 1 amide bonds. The normalized spacial score (nSPS) is 12.9. The maximum atomic E-state index is 12.3. The molecule has 0 aliphatic heterocycles. The molecule has 1 rings (SSSR count). The Balaban J connectivity index is 2.82. The van der Waals surface area contributed by atoms with Crippen molar-refractivity contribution < 1.29 is 13.2 Å². The van der Waals surface area contributed by atoms with Gasteiger partial charge >= 0.3 is 0 Å². The average Bonchev–Trinajstić information content (AvgIpc) is 2.49. The summed E-state index contributed by atoms with van der Waals surface area (Å²) >= 11 is 1.58. The Morgan fingerprint density at radius 2 is 1.95 bits per heavy atom. The van der Waals surface area contributed by atoms with Gasteiger partial charge in [-0.3, -0.25) is 4.79 Å². The first-order valence-electron chi connectivity index (χ1n) is 6.85. The van der Waals surface area contributed by atoms with Gasteiger partial charge in [-0.1, -0.05) is 25.1 Å². The highest BCUT2D eigenvalue weighted by atomic mass is 32.2. The molecule has 0 aliphatic carbocycles. The molecule has 0 aromatic heterocycles. The van der Waals surface area contributed by atoms with Crippen molar-refractivity contribution in [1.82, 2.24) is 10.0 Å². The van der Waals surface area contributed by atoms with Gasteiger partial charge < -0.3 is 5.32 Å². The van der Waals surface area contributed by atoms with Crippen LogP contribution < -0.4 is 10.0 Å². The van der Waals surface area contributed by atoms with E-state index in [1.807, 2.05) is 13.2 Å². The fraction of sp³-hybridized carbons (Fsp3) is 0.500. The lowest BCUT2D eigenvalue weighted by atomic mass is 10.2. The molecule has 0 radical (unpaired) electrons. The van der Waals surface area contributed by atoms with E-state index in [2.05, 4.69) is 10.0 Å². The van der Waals surface area contributed by atoms with Crippen LogP contribution in [0.1, 0.15) is 19.8 Å². The van der Waals surface area contributed by atoms with Crippen LogP contribution in [0, 0.1) is 0 Å². The van der Waals surface area contributed by atoms with Gasteiger partial charge in [0.2, 0.25) is 15.9 Å². The average molecular weight is 330 g/mol. The van der Waals surface area contributed by atoms with E-state index in [1.54, 1.807) is 30.0 Å². The highest BCUT2D eigenvalue weighted by Crippen LogP contribution is 2.10. The Labute approximate surface area is 130 Å². The molecule has 118 valence electrons. The van der Waals surface area contributed by atoms with Gasteiger partial charge in [0.25, 0.3) is 0 Å². The molecular weight excluding hydrogens is 308 g/mol. The van der Waals surface area contributed by atoms with E-state index in [0.29, 0.717) is 18.7 Å². The number of nitrogens with one attached hydrogen (secondary N) is 2. The van der Waals surface area contributed by atoms with E-state index in [4.69, 9.17) is 0 Å². The van der Waals surface area contributed by atoms with Crippen molar-refractivity contribution in [3.05, 3.63) is 30.3 Å². The molecular formula is C14H22N2O3S2. The number of amides is 1. The molecule has 1 aromatic carbocycles. The van der Waals surface area contributed by atoms with Crippen molar-refractivity contribution in [2.45, 2.75) is 30.7 Å². The summed E-state index contributed by atoms with van der Waals surface area (Å²) in [5.74, 6) is 0.437. The molecule has 0 bridgehead atoms. The molecule has 7 heteroatoms. The maximum absolute atomic E-state index is 12.3. The third kappa shape index (κ3) is 6.07. The van der Waals surface area contributed by atoms with Crippen molar-refractivity contribution in [3.8, 4) is 0 Å². The molecule has 1 atom stereocenters. The van der Waals surface area contributed by atoms with E-state index in [9.17, 15) is 13.2 Å². The fourth-order valence-electron chi connectivity index (χ4n) is 1.71. The highest BCUT2D eigenvalue weighted by molar-refractivity contribution is 7.98. The van der Waals surface area contributed by atoms with Crippen LogP contribution in [-0.2, 0) is 14.8 Å². The second-order valence-electron chi connectivity index (χ2n) is 4.56. The number of carbonyl (C=O) groups excluding carboxylic acids is 1. The summed E-state index contributed by atoms with van der Waals surface area (Å²) in [7, 11) is -3.68. The van der Waals surface area contributed by atoms with Crippen LogP contribution in [0.25, 0.3) is 0 Å². The minimum absolute atomic E-state index is 0.169. The van der Waals surface area contributed by atoms with Crippen LogP contribution in [-0.4, -0.2) is 38.9 Å². The quantitative estimate of drug-likeness (QED) is 0.721. The van der Waals surface area contributed by atoms with E-state index in [-0.39, 0.29) is 10.8 Å². The van der Waals surface area contributed by atoms with Crippen LogP contribution in [0.15, 0.2) is 35.2 Å². The Kier molecular flexibility index (Phi) is 7.77. The lowest BCUT2D eigenvalue weighted by Gasteiger charge is -2.18. The van der Waals surface area contributed by atoms with Crippen LogP contribution in [0.3, 0.4) is 0 Å². The number of thioether (sulfide) groups is 1. The number of carbonyl (C=O) groups is 1. The van der Waals surface area contributed by atoms with Crippen LogP contribution in [0.5, 0.6) is 0 Å². The summed E-state index contributed by atoms with van der Waals surface area (Å²) in [6.45, 7) is 2.49. The molecule has 0 saturated heterocycles. The van der Waals surface area contributed by atoms with E-state index < -0.39 is 16.1 Å². The van der Waals surface area contributed by atoms with Gasteiger partial charge in [-0.05, 0) is 37.0 Å². The summed E-state index contributed by atoms with van der Waals surface area (Å²) in [6.07, 6.45) is 3.20. The first-order chi connectivity index (χ1) is 10.0. The first kappa shape index (κ1) is 18.0. The van der Waals surface area contributed by atoms with Gasteiger partial charge in [0.15, 0.2) is 0 Å². The summed E-state index contributed by atoms with van der Waals surface area (Å²) < 4.78 is 27.1. The van der Waals surface area contributed by atoms with Gasteiger partial charge in [-0.2, -0.15) is 16.5 Å². The number of sulfonamides is 1. The molecule has 21 heavy (non-hydrogen) atoms. The number of hydrogen-bond donors (Lipinski definition) is 2. The minimum Gasteiger partial charge on any atom is -0.355 e. The molecule has 0 saturated carbocycles. The van der Waals surface area contributed by atoms with Crippen LogP contribution in [0.2, 0.25) is 0 Å². The lowest BCUT2D eigenvalue weighted by molar-refractivity contribution is -0.122. The Morgan fingerprint density at radius 3 is 2.52 bits per heavy atom. The van der Waals surface area contributed by atoms with Gasteiger partial charge in [0.1, 0.15) is 6.04 Å². The van der Waals surface area contributed by atoms with Crippen LogP contribution in [0.4, 0.5) is 0 Å². The van der Waals surface area contributed by atoms with Gasteiger partial charge in [0.05, 0.1) is 4.90 Å². The zero-order valence-electron chi connectivity index (χ0n) is 12.3. The second kappa shape index (κ2) is 9.07. The molecule has 0 spiro atoms. The largest absolute Gasteiger partial charge is 0.355 e. The topological polar surface area (TPSA) is 75.3 Å². The summed E-state index contributed by atoms with van der Waals surface area (Å²) in [4.78, 5) is 12.2. The molecule has 0 aliphatic rings. The van der Waals surface area contributed by atoms with Crippen LogP contribution >= 0.6 is 11.8 Å². The standard InChI is InChI=1S/C14H22N2O3S2/c1-3-10-15-14(17)13(9-11-20-2)16-21(18,19)12-7-5-4-6-8-12/h4-8,13,16H,3,9-11H2,1-2H3,(H,15,17). The Hall–Kier alpha value is -1.05. The summed E-state index contributed by atoms with van der Waals surface area (Å²) in [6, 6.07) is 7.34. The Bertz CT molecular complexity index is 532. The summed E-state index contributed by atoms with van der Waals surface area (Å²) in [5, 5.41) is 2.74. The van der Waals surface area contributed by atoms with Gasteiger partial charge in [0, 0.05) is 6.54 Å². The zero-order valence-corrected chi connectivity index (χ0v) is 14.0. The molecule has 1 aromatic rings. The lowest BCUT2D eigenvalue weighted by Crippen LogP contribution is -2.47. The number of benzene rings is 1. The Morgan fingerprint density at radius 1 is 1.29 bits per heavy atom. The highest BCUT2D eigenvalue weighted by Gasteiger charge is 2.24. The van der Waals surface area contributed by atoms with Crippen molar-refractivity contribution >= 4 is 27.7 Å². The first-order valence-corrected chi connectivity index (χ1v) is 9.73. The molecule has 2 N–H and O–H groups in total. The van der Waals surface area contributed by atoms with Gasteiger partial charge in [-0.15, -0.1) is 0 Å². The SMILES string of the molecule is CCCNC(=O)C(CCSC)NS(=O)(=O)c1ccccc1.